The minimum atomic E-state index is 0.933. The second-order valence-corrected chi connectivity index (χ2v) is 3.69. The summed E-state index contributed by atoms with van der Waals surface area (Å²) in [5, 5.41) is 10.4. The zero-order valence-corrected chi connectivity index (χ0v) is 8.48. The number of hydrogen-bond acceptors (Lipinski definition) is 2. The maximum absolute atomic E-state index is 4.18. The molecule has 3 heteroatoms. The van der Waals surface area contributed by atoms with E-state index in [9.17, 15) is 0 Å². The standard InChI is InChI=1S/C11H15N3/c1-10-4-6-11(7-5-10)12-13-14-8-2-3-9-14/h4-7H,2-3,8-9H2,1H3. The molecule has 0 aliphatic carbocycles. The van der Waals surface area contributed by atoms with Crippen molar-refractivity contribution in [1.82, 2.24) is 5.01 Å². The fraction of sp³-hybridized carbons (Fsp3) is 0.455. The monoisotopic (exact) mass is 189 g/mol. The Balaban J connectivity index is 1.99. The van der Waals surface area contributed by atoms with E-state index in [0.29, 0.717) is 0 Å². The normalized spacial score (nSPS) is 16.8. The van der Waals surface area contributed by atoms with Crippen LogP contribution in [0.15, 0.2) is 34.6 Å². The molecule has 1 heterocycles. The summed E-state index contributed by atoms with van der Waals surface area (Å²) in [5.74, 6) is 0. The van der Waals surface area contributed by atoms with Gasteiger partial charge in [-0.2, -0.15) is 0 Å². The third-order valence-electron chi connectivity index (χ3n) is 2.40. The minimum absolute atomic E-state index is 0.933. The van der Waals surface area contributed by atoms with Crippen LogP contribution in [0.1, 0.15) is 18.4 Å². The summed E-state index contributed by atoms with van der Waals surface area (Å²) in [5.41, 5.74) is 2.19. The molecule has 0 amide bonds. The smallest absolute Gasteiger partial charge is 0.0874 e. The molecule has 1 saturated heterocycles. The van der Waals surface area contributed by atoms with E-state index in [4.69, 9.17) is 0 Å². The van der Waals surface area contributed by atoms with Gasteiger partial charge in [-0.1, -0.05) is 22.9 Å². The summed E-state index contributed by atoms with van der Waals surface area (Å²) in [6.45, 7) is 4.17. The highest BCUT2D eigenvalue weighted by molar-refractivity contribution is 5.37. The topological polar surface area (TPSA) is 28.0 Å². The molecule has 0 radical (unpaired) electrons. The Labute approximate surface area is 84.4 Å². The maximum Gasteiger partial charge on any atom is 0.0874 e. The van der Waals surface area contributed by atoms with Gasteiger partial charge < -0.3 is 0 Å². The van der Waals surface area contributed by atoms with E-state index in [-0.39, 0.29) is 0 Å². The van der Waals surface area contributed by atoms with Crippen LogP contribution in [0, 0.1) is 6.92 Å². The molecule has 1 aromatic carbocycles. The van der Waals surface area contributed by atoms with E-state index in [2.05, 4.69) is 29.4 Å². The highest BCUT2D eigenvalue weighted by atomic mass is 15.5. The highest BCUT2D eigenvalue weighted by Gasteiger charge is 2.07. The van der Waals surface area contributed by atoms with Gasteiger partial charge in [0.2, 0.25) is 0 Å². The Kier molecular flexibility index (Phi) is 2.77. The van der Waals surface area contributed by atoms with Crippen molar-refractivity contribution in [2.45, 2.75) is 19.8 Å². The van der Waals surface area contributed by atoms with Gasteiger partial charge in [0.1, 0.15) is 0 Å². The molecule has 74 valence electrons. The van der Waals surface area contributed by atoms with Crippen molar-refractivity contribution in [2.24, 2.45) is 10.3 Å². The molecule has 1 aliphatic heterocycles. The fourth-order valence-electron chi connectivity index (χ4n) is 1.52. The maximum atomic E-state index is 4.18. The first kappa shape index (κ1) is 9.19. The van der Waals surface area contributed by atoms with Gasteiger partial charge >= 0.3 is 0 Å². The first-order valence-electron chi connectivity index (χ1n) is 5.08. The predicted octanol–water partition coefficient (Wildman–Crippen LogP) is 3.09. The van der Waals surface area contributed by atoms with Crippen molar-refractivity contribution in [3.05, 3.63) is 29.8 Å². The average molecular weight is 189 g/mol. The van der Waals surface area contributed by atoms with Crippen molar-refractivity contribution in [3.8, 4) is 0 Å². The van der Waals surface area contributed by atoms with E-state index >= 15 is 0 Å². The minimum Gasteiger partial charge on any atom is -0.278 e. The van der Waals surface area contributed by atoms with Gasteiger partial charge in [0.05, 0.1) is 5.69 Å². The lowest BCUT2D eigenvalue weighted by Gasteiger charge is -2.06. The summed E-state index contributed by atoms with van der Waals surface area (Å²) in [7, 11) is 0. The Morgan fingerprint density at radius 3 is 2.36 bits per heavy atom. The van der Waals surface area contributed by atoms with Crippen LogP contribution in [-0.2, 0) is 0 Å². The van der Waals surface area contributed by atoms with Crippen molar-refractivity contribution < 1.29 is 0 Å². The highest BCUT2D eigenvalue weighted by Crippen LogP contribution is 2.15. The summed E-state index contributed by atoms with van der Waals surface area (Å²) >= 11 is 0. The summed E-state index contributed by atoms with van der Waals surface area (Å²) in [4.78, 5) is 0. The second kappa shape index (κ2) is 4.22. The van der Waals surface area contributed by atoms with Gasteiger partial charge in [-0.15, -0.1) is 5.11 Å². The second-order valence-electron chi connectivity index (χ2n) is 3.69. The van der Waals surface area contributed by atoms with Gasteiger partial charge in [0.25, 0.3) is 0 Å². The van der Waals surface area contributed by atoms with Crippen LogP contribution in [0.2, 0.25) is 0 Å². The van der Waals surface area contributed by atoms with E-state index < -0.39 is 0 Å². The van der Waals surface area contributed by atoms with Crippen LogP contribution in [0.4, 0.5) is 5.69 Å². The van der Waals surface area contributed by atoms with E-state index in [0.717, 1.165) is 18.8 Å². The number of rotatable bonds is 2. The number of aryl methyl sites for hydroxylation is 1. The van der Waals surface area contributed by atoms with Crippen LogP contribution >= 0.6 is 0 Å². The van der Waals surface area contributed by atoms with Crippen molar-refractivity contribution in [2.75, 3.05) is 13.1 Å². The van der Waals surface area contributed by atoms with E-state index in [1.165, 1.54) is 18.4 Å². The summed E-state index contributed by atoms with van der Waals surface area (Å²) < 4.78 is 0. The lowest BCUT2D eigenvalue weighted by atomic mass is 10.2. The quantitative estimate of drug-likeness (QED) is 0.657. The third kappa shape index (κ3) is 2.31. The molecule has 14 heavy (non-hydrogen) atoms. The Hall–Kier alpha value is -1.38. The van der Waals surface area contributed by atoms with Crippen LogP contribution in [0.25, 0.3) is 0 Å². The third-order valence-corrected chi connectivity index (χ3v) is 2.40. The van der Waals surface area contributed by atoms with E-state index in [1.54, 1.807) is 0 Å². The Morgan fingerprint density at radius 2 is 1.71 bits per heavy atom. The largest absolute Gasteiger partial charge is 0.278 e. The number of hydrogen-bond donors (Lipinski definition) is 0. The van der Waals surface area contributed by atoms with Crippen LogP contribution in [-0.4, -0.2) is 18.1 Å². The van der Waals surface area contributed by atoms with Crippen molar-refractivity contribution in [1.29, 1.82) is 0 Å². The zero-order valence-electron chi connectivity index (χ0n) is 8.48. The van der Waals surface area contributed by atoms with Gasteiger partial charge in [-0.3, -0.25) is 5.01 Å². The van der Waals surface area contributed by atoms with Crippen LogP contribution in [0.3, 0.4) is 0 Å². The SMILES string of the molecule is Cc1ccc(N=NN2CCCC2)cc1. The summed E-state index contributed by atoms with van der Waals surface area (Å²) in [6.07, 6.45) is 2.49. The number of nitrogens with zero attached hydrogens (tertiary/aromatic N) is 3. The molecule has 0 atom stereocenters. The molecule has 0 unspecified atom stereocenters. The Morgan fingerprint density at radius 1 is 1.07 bits per heavy atom. The number of benzene rings is 1. The fourth-order valence-corrected chi connectivity index (χ4v) is 1.52. The molecular weight excluding hydrogens is 174 g/mol. The first-order valence-corrected chi connectivity index (χ1v) is 5.08. The molecule has 0 bridgehead atoms. The lowest BCUT2D eigenvalue weighted by Crippen LogP contribution is -2.09. The Bertz CT molecular complexity index is 310. The molecule has 3 nitrogen and oxygen atoms in total. The van der Waals surface area contributed by atoms with Crippen LogP contribution in [0.5, 0.6) is 0 Å². The first-order chi connectivity index (χ1) is 6.84. The molecule has 0 N–H and O–H groups in total. The molecule has 0 spiro atoms. The molecule has 1 aliphatic rings. The van der Waals surface area contributed by atoms with Gasteiger partial charge in [0, 0.05) is 13.1 Å². The molecule has 1 aromatic rings. The predicted molar refractivity (Wildman–Crippen MR) is 56.5 cm³/mol. The molecular formula is C11H15N3. The average Bonchev–Trinajstić information content (AvgIpc) is 2.70. The van der Waals surface area contributed by atoms with Gasteiger partial charge in [-0.05, 0) is 31.9 Å². The van der Waals surface area contributed by atoms with E-state index in [1.807, 2.05) is 17.1 Å². The van der Waals surface area contributed by atoms with Crippen molar-refractivity contribution in [3.63, 3.8) is 0 Å². The van der Waals surface area contributed by atoms with Crippen molar-refractivity contribution >= 4 is 5.69 Å². The molecule has 2 rings (SSSR count). The molecule has 1 fully saturated rings. The zero-order chi connectivity index (χ0) is 9.80. The summed E-state index contributed by atoms with van der Waals surface area (Å²) in [6, 6.07) is 8.10. The lowest BCUT2D eigenvalue weighted by molar-refractivity contribution is 0.336. The van der Waals surface area contributed by atoms with Gasteiger partial charge in [-0.25, -0.2) is 0 Å². The van der Waals surface area contributed by atoms with Gasteiger partial charge in [0.15, 0.2) is 0 Å². The molecule has 0 saturated carbocycles. The van der Waals surface area contributed by atoms with Crippen LogP contribution < -0.4 is 0 Å². The molecule has 0 aromatic heterocycles.